The predicted octanol–water partition coefficient (Wildman–Crippen LogP) is 2.37. The second-order valence-electron chi connectivity index (χ2n) is 4.52. The third-order valence-electron chi connectivity index (χ3n) is 2.76. The van der Waals surface area contributed by atoms with Crippen LogP contribution in [0.4, 0.5) is 0 Å². The minimum Gasteiger partial charge on any atom is -0.472 e. The van der Waals surface area contributed by atoms with E-state index in [0.29, 0.717) is 0 Å². The summed E-state index contributed by atoms with van der Waals surface area (Å²) in [4.78, 5) is 6.31. The number of ether oxygens (including phenoxy) is 1. The first-order chi connectivity index (χ1) is 6.83. The van der Waals surface area contributed by atoms with Gasteiger partial charge in [-0.15, -0.1) is 0 Å². The van der Waals surface area contributed by atoms with Crippen LogP contribution in [0, 0.1) is 13.8 Å². The van der Waals surface area contributed by atoms with Crippen molar-refractivity contribution in [3.63, 3.8) is 0 Å². The predicted molar refractivity (Wildman–Crippen MR) is 62.1 cm³/mol. The molecule has 1 heterocycles. The molecule has 0 amide bonds. The smallest absolute Gasteiger partial charge is 0.157 e. The van der Waals surface area contributed by atoms with Gasteiger partial charge in [0.05, 0.1) is 6.20 Å². The Labute approximate surface area is 92.1 Å². The van der Waals surface area contributed by atoms with Crippen LogP contribution in [-0.4, -0.2) is 29.7 Å². The standard InChI is InChI=1S/C12H20N2O/c1-9-7-11(8-13-10(9)2)15-12(3,4)14(5)6/h7-8H,1-6H3. The Hall–Kier alpha value is -1.09. The maximum atomic E-state index is 5.86. The lowest BCUT2D eigenvalue weighted by atomic mass is 10.2. The number of aryl methyl sites for hydroxylation is 2. The Kier molecular flexibility index (Phi) is 3.35. The van der Waals surface area contributed by atoms with E-state index in [-0.39, 0.29) is 5.72 Å². The Morgan fingerprint density at radius 2 is 1.87 bits per heavy atom. The summed E-state index contributed by atoms with van der Waals surface area (Å²) in [5, 5.41) is 0. The molecule has 0 spiro atoms. The highest BCUT2D eigenvalue weighted by Gasteiger charge is 2.22. The normalized spacial score (nSPS) is 11.9. The first-order valence-corrected chi connectivity index (χ1v) is 5.12. The molecule has 0 N–H and O–H groups in total. The first-order valence-electron chi connectivity index (χ1n) is 5.12. The highest BCUT2D eigenvalue weighted by atomic mass is 16.5. The molecule has 1 aromatic heterocycles. The number of nitrogens with zero attached hydrogens (tertiary/aromatic N) is 2. The van der Waals surface area contributed by atoms with Gasteiger partial charge in [0.1, 0.15) is 5.75 Å². The van der Waals surface area contributed by atoms with E-state index in [0.717, 1.165) is 17.0 Å². The van der Waals surface area contributed by atoms with Crippen molar-refractivity contribution in [3.8, 4) is 5.75 Å². The molecule has 0 aliphatic rings. The fourth-order valence-electron chi connectivity index (χ4n) is 1.05. The molecule has 1 aromatic rings. The maximum absolute atomic E-state index is 5.86. The summed E-state index contributed by atoms with van der Waals surface area (Å²) in [5.41, 5.74) is 1.88. The lowest BCUT2D eigenvalue weighted by molar-refractivity contribution is -0.0237. The van der Waals surface area contributed by atoms with Gasteiger partial charge in [-0.25, -0.2) is 0 Å². The largest absolute Gasteiger partial charge is 0.472 e. The molecule has 0 unspecified atom stereocenters. The Morgan fingerprint density at radius 1 is 1.27 bits per heavy atom. The van der Waals surface area contributed by atoms with E-state index >= 15 is 0 Å². The van der Waals surface area contributed by atoms with Crippen molar-refractivity contribution >= 4 is 0 Å². The lowest BCUT2D eigenvalue weighted by Gasteiger charge is -2.33. The highest BCUT2D eigenvalue weighted by Crippen LogP contribution is 2.20. The van der Waals surface area contributed by atoms with Crippen molar-refractivity contribution in [2.24, 2.45) is 0 Å². The monoisotopic (exact) mass is 208 g/mol. The number of aromatic nitrogens is 1. The van der Waals surface area contributed by atoms with Gasteiger partial charge < -0.3 is 4.74 Å². The molecule has 0 saturated carbocycles. The minimum absolute atomic E-state index is 0.316. The van der Waals surface area contributed by atoms with Crippen LogP contribution in [0.15, 0.2) is 12.3 Å². The van der Waals surface area contributed by atoms with Crippen molar-refractivity contribution in [1.82, 2.24) is 9.88 Å². The van der Waals surface area contributed by atoms with Gasteiger partial charge in [0, 0.05) is 5.69 Å². The molecular formula is C12H20N2O. The number of hydrogen-bond donors (Lipinski definition) is 0. The van der Waals surface area contributed by atoms with Gasteiger partial charge in [-0.1, -0.05) is 0 Å². The molecular weight excluding hydrogens is 188 g/mol. The van der Waals surface area contributed by atoms with E-state index < -0.39 is 0 Å². The number of hydrogen-bond acceptors (Lipinski definition) is 3. The van der Waals surface area contributed by atoms with Crippen LogP contribution in [0.2, 0.25) is 0 Å². The zero-order valence-corrected chi connectivity index (χ0v) is 10.5. The van der Waals surface area contributed by atoms with Crippen molar-refractivity contribution in [3.05, 3.63) is 23.5 Å². The van der Waals surface area contributed by atoms with Crippen molar-refractivity contribution < 1.29 is 4.74 Å². The summed E-state index contributed by atoms with van der Waals surface area (Å²) in [5.74, 6) is 0.816. The van der Waals surface area contributed by atoms with E-state index in [9.17, 15) is 0 Å². The quantitative estimate of drug-likeness (QED) is 0.713. The molecule has 0 fully saturated rings. The third kappa shape index (κ3) is 2.93. The number of rotatable bonds is 3. The molecule has 0 aromatic carbocycles. The molecule has 0 radical (unpaired) electrons. The van der Waals surface area contributed by atoms with Crippen LogP contribution in [0.1, 0.15) is 25.1 Å². The Morgan fingerprint density at radius 3 is 2.33 bits per heavy atom. The molecule has 0 saturated heterocycles. The average Bonchev–Trinajstić information content (AvgIpc) is 2.10. The van der Waals surface area contributed by atoms with Crippen molar-refractivity contribution in [2.45, 2.75) is 33.4 Å². The van der Waals surface area contributed by atoms with Gasteiger partial charge in [0.25, 0.3) is 0 Å². The lowest BCUT2D eigenvalue weighted by Crippen LogP contribution is -2.43. The van der Waals surface area contributed by atoms with Crippen LogP contribution in [-0.2, 0) is 0 Å². The van der Waals surface area contributed by atoms with Crippen molar-refractivity contribution in [2.75, 3.05) is 14.1 Å². The molecule has 0 atom stereocenters. The average molecular weight is 208 g/mol. The van der Waals surface area contributed by atoms with Crippen LogP contribution in [0.5, 0.6) is 5.75 Å². The summed E-state index contributed by atoms with van der Waals surface area (Å²) in [6.07, 6.45) is 1.77. The van der Waals surface area contributed by atoms with E-state index in [1.54, 1.807) is 6.20 Å². The molecule has 84 valence electrons. The molecule has 3 heteroatoms. The molecule has 1 rings (SSSR count). The SMILES string of the molecule is Cc1cc(OC(C)(C)N(C)C)cnc1C. The zero-order chi connectivity index (χ0) is 11.6. The van der Waals surface area contributed by atoms with Gasteiger partial charge >= 0.3 is 0 Å². The highest BCUT2D eigenvalue weighted by molar-refractivity contribution is 5.27. The van der Waals surface area contributed by atoms with E-state index in [1.807, 2.05) is 52.8 Å². The van der Waals surface area contributed by atoms with Gasteiger partial charge in [0.15, 0.2) is 5.72 Å². The zero-order valence-electron chi connectivity index (χ0n) is 10.5. The van der Waals surface area contributed by atoms with Crippen LogP contribution >= 0.6 is 0 Å². The minimum atomic E-state index is -0.316. The fraction of sp³-hybridized carbons (Fsp3) is 0.583. The fourth-order valence-corrected chi connectivity index (χ4v) is 1.05. The molecule has 0 aliphatic heterocycles. The molecule has 15 heavy (non-hydrogen) atoms. The van der Waals surface area contributed by atoms with Crippen LogP contribution in [0.25, 0.3) is 0 Å². The maximum Gasteiger partial charge on any atom is 0.157 e. The van der Waals surface area contributed by atoms with Gasteiger partial charge in [-0.2, -0.15) is 0 Å². The molecule has 0 bridgehead atoms. The van der Waals surface area contributed by atoms with Crippen LogP contribution in [0.3, 0.4) is 0 Å². The molecule has 0 aliphatic carbocycles. The van der Waals surface area contributed by atoms with E-state index in [4.69, 9.17) is 4.74 Å². The van der Waals surface area contributed by atoms with Gasteiger partial charge in [0.2, 0.25) is 0 Å². The first kappa shape index (κ1) is 12.0. The third-order valence-corrected chi connectivity index (χ3v) is 2.76. The van der Waals surface area contributed by atoms with Crippen LogP contribution < -0.4 is 4.74 Å². The van der Waals surface area contributed by atoms with Gasteiger partial charge in [-0.3, -0.25) is 9.88 Å². The summed E-state index contributed by atoms with van der Waals surface area (Å²) in [6, 6.07) is 2.02. The summed E-state index contributed by atoms with van der Waals surface area (Å²) < 4.78 is 5.86. The second kappa shape index (κ2) is 4.19. The Balaban J connectivity index is 2.86. The summed E-state index contributed by atoms with van der Waals surface area (Å²) in [6.45, 7) is 8.10. The molecule has 3 nitrogen and oxygen atoms in total. The van der Waals surface area contributed by atoms with E-state index in [2.05, 4.69) is 4.98 Å². The summed E-state index contributed by atoms with van der Waals surface area (Å²) in [7, 11) is 3.99. The van der Waals surface area contributed by atoms with Gasteiger partial charge in [-0.05, 0) is 53.4 Å². The van der Waals surface area contributed by atoms with E-state index in [1.165, 1.54) is 0 Å². The van der Waals surface area contributed by atoms with Crippen molar-refractivity contribution in [1.29, 1.82) is 0 Å². The topological polar surface area (TPSA) is 25.4 Å². The summed E-state index contributed by atoms with van der Waals surface area (Å²) >= 11 is 0. The second-order valence-corrected chi connectivity index (χ2v) is 4.52. The Bertz CT molecular complexity index is 345. The number of pyridine rings is 1.